The molecule has 0 aromatic carbocycles. The van der Waals surface area contributed by atoms with Crippen molar-refractivity contribution in [3.05, 3.63) is 0 Å². The molecule has 0 fully saturated rings. The molecular weight excluding hydrogens is 576 g/mol. The Bertz CT molecular complexity index is 676. The van der Waals surface area contributed by atoms with Crippen molar-refractivity contribution in [3.63, 3.8) is 0 Å². The van der Waals surface area contributed by atoms with Crippen LogP contribution in [0.25, 0.3) is 0 Å². The number of unbranched alkanes of at least 4 members (excludes halogenated alkanes) is 10. The van der Waals surface area contributed by atoms with Crippen LogP contribution in [0.4, 0.5) is 0 Å². The molecular formula is C40H84O6. The molecule has 6 heteroatoms. The molecule has 0 saturated carbocycles. The first kappa shape index (κ1) is 47.9. The lowest BCUT2D eigenvalue weighted by molar-refractivity contribution is -0.319. The molecule has 280 valence electrons. The maximum Gasteiger partial charge on any atom is 0.275 e. The zero-order valence-corrected chi connectivity index (χ0v) is 32.5. The third kappa shape index (κ3) is 26.7. The van der Waals surface area contributed by atoms with E-state index in [2.05, 4.69) is 34.6 Å². The van der Waals surface area contributed by atoms with Crippen molar-refractivity contribution in [1.29, 1.82) is 0 Å². The van der Waals surface area contributed by atoms with E-state index in [0.717, 1.165) is 43.4 Å². The lowest BCUT2D eigenvalue weighted by atomic mass is 9.72. The van der Waals surface area contributed by atoms with E-state index in [0.29, 0.717) is 6.42 Å². The third-order valence-corrected chi connectivity index (χ3v) is 10.4. The summed E-state index contributed by atoms with van der Waals surface area (Å²) in [6, 6.07) is 0. The molecule has 0 bridgehead atoms. The minimum Gasteiger partial charge on any atom is -0.387 e. The molecule has 0 spiro atoms. The zero-order chi connectivity index (χ0) is 35.9. The summed E-state index contributed by atoms with van der Waals surface area (Å²) in [6.45, 7) is 19.7. The average Bonchev–Trinajstić information content (AvgIpc) is 2.90. The second kappa shape index (κ2) is 25.7. The molecule has 0 aliphatic heterocycles. The highest BCUT2D eigenvalue weighted by molar-refractivity contribution is 5.03. The minimum atomic E-state index is -2.50. The third-order valence-electron chi connectivity index (χ3n) is 10.4. The Morgan fingerprint density at radius 2 is 0.783 bits per heavy atom. The van der Waals surface area contributed by atoms with Gasteiger partial charge in [-0.3, -0.25) is 0 Å². The smallest absolute Gasteiger partial charge is 0.275 e. The van der Waals surface area contributed by atoms with Gasteiger partial charge in [-0.1, -0.05) is 170 Å². The first-order chi connectivity index (χ1) is 21.2. The standard InChI is InChI=1S/2C20H42O3/c1-16(2)9-6-10-17(3)11-7-12-18(4)13-8-14-19(5)15-20(21,22)23;1-6-7-8-9-10-11-12-13-14-15-16-17-19(4,22)20(5,23)18(2,3)21/h16-19,21-23H,6-15H2,1-5H3;21-23H,6-17H2,1-5H3. The number of hydrogen-bond acceptors (Lipinski definition) is 6. The van der Waals surface area contributed by atoms with Crippen molar-refractivity contribution in [2.45, 2.75) is 233 Å². The molecule has 0 aromatic heterocycles. The van der Waals surface area contributed by atoms with Gasteiger partial charge < -0.3 is 30.6 Å². The van der Waals surface area contributed by atoms with Crippen molar-refractivity contribution in [2.24, 2.45) is 23.7 Å². The highest BCUT2D eigenvalue weighted by Gasteiger charge is 2.51. The van der Waals surface area contributed by atoms with Crippen LogP contribution < -0.4 is 0 Å². The van der Waals surface area contributed by atoms with Gasteiger partial charge in [0.2, 0.25) is 0 Å². The highest BCUT2D eigenvalue weighted by atomic mass is 16.7. The fourth-order valence-electron chi connectivity index (χ4n) is 6.40. The Balaban J connectivity index is 0. The van der Waals surface area contributed by atoms with Crippen LogP contribution in [0.1, 0.15) is 210 Å². The SMILES string of the molecule is CC(C)CCCC(C)CCCC(C)CCCC(C)CC(O)(O)O.CCCCCCCCCCCCCC(C)(O)C(C)(O)C(C)(C)O. The van der Waals surface area contributed by atoms with E-state index in [4.69, 9.17) is 15.3 Å². The van der Waals surface area contributed by atoms with Gasteiger partial charge in [-0.15, -0.1) is 0 Å². The summed E-state index contributed by atoms with van der Waals surface area (Å²) in [5.74, 6) is 0.0666. The number of hydrogen-bond donors (Lipinski definition) is 6. The van der Waals surface area contributed by atoms with Gasteiger partial charge in [-0.25, -0.2) is 0 Å². The van der Waals surface area contributed by atoms with E-state index in [1.54, 1.807) is 20.8 Å². The normalized spacial score (nSPS) is 17.2. The molecule has 0 rings (SSSR count). The summed E-state index contributed by atoms with van der Waals surface area (Å²) in [5, 5.41) is 57.9. The molecule has 0 saturated heterocycles. The van der Waals surface area contributed by atoms with Crippen LogP contribution in [-0.2, 0) is 0 Å². The van der Waals surface area contributed by atoms with E-state index >= 15 is 0 Å². The van der Waals surface area contributed by atoms with E-state index in [1.165, 1.54) is 110 Å². The van der Waals surface area contributed by atoms with Crippen LogP contribution in [0, 0.1) is 23.7 Å². The summed E-state index contributed by atoms with van der Waals surface area (Å²) >= 11 is 0. The van der Waals surface area contributed by atoms with Crippen LogP contribution in [0.5, 0.6) is 0 Å². The molecule has 0 aliphatic carbocycles. The molecule has 0 radical (unpaired) electrons. The molecule has 5 atom stereocenters. The summed E-state index contributed by atoms with van der Waals surface area (Å²) in [7, 11) is 0. The van der Waals surface area contributed by atoms with Crippen LogP contribution in [0.2, 0.25) is 0 Å². The van der Waals surface area contributed by atoms with E-state index < -0.39 is 22.8 Å². The lowest BCUT2D eigenvalue weighted by Crippen LogP contribution is -2.62. The summed E-state index contributed by atoms with van der Waals surface area (Å²) in [6.07, 6.45) is 25.7. The van der Waals surface area contributed by atoms with Crippen molar-refractivity contribution in [1.82, 2.24) is 0 Å². The monoisotopic (exact) mass is 661 g/mol. The molecule has 6 nitrogen and oxygen atoms in total. The average molecular weight is 661 g/mol. The molecule has 0 heterocycles. The van der Waals surface area contributed by atoms with E-state index in [9.17, 15) is 15.3 Å². The van der Waals surface area contributed by atoms with Gasteiger partial charge in [0, 0.05) is 6.42 Å². The van der Waals surface area contributed by atoms with Crippen molar-refractivity contribution >= 4 is 0 Å². The Morgan fingerprint density at radius 1 is 0.435 bits per heavy atom. The Morgan fingerprint density at radius 3 is 1.13 bits per heavy atom. The van der Waals surface area contributed by atoms with Gasteiger partial charge in [0.1, 0.15) is 5.60 Å². The topological polar surface area (TPSA) is 121 Å². The molecule has 5 unspecified atom stereocenters. The van der Waals surface area contributed by atoms with Gasteiger partial charge in [-0.05, 0) is 57.8 Å². The highest BCUT2D eigenvalue weighted by Crippen LogP contribution is 2.36. The lowest BCUT2D eigenvalue weighted by Gasteiger charge is -2.46. The molecule has 0 aromatic rings. The van der Waals surface area contributed by atoms with E-state index in [-0.39, 0.29) is 12.3 Å². The van der Waals surface area contributed by atoms with Crippen LogP contribution in [-0.4, -0.2) is 53.4 Å². The second-order valence-corrected chi connectivity index (χ2v) is 16.7. The van der Waals surface area contributed by atoms with Gasteiger partial charge in [0.25, 0.3) is 5.97 Å². The Labute approximate surface area is 287 Å². The number of aliphatic hydroxyl groups is 6. The van der Waals surface area contributed by atoms with Crippen LogP contribution >= 0.6 is 0 Å². The second-order valence-electron chi connectivity index (χ2n) is 16.7. The minimum absolute atomic E-state index is 0.0370. The predicted molar refractivity (Wildman–Crippen MR) is 197 cm³/mol. The van der Waals surface area contributed by atoms with Gasteiger partial charge in [-0.2, -0.15) is 0 Å². The predicted octanol–water partition coefficient (Wildman–Crippen LogP) is 10.0. The quantitative estimate of drug-likeness (QED) is 0.0367. The maximum atomic E-state index is 10.5. The Hall–Kier alpha value is -0.240. The van der Waals surface area contributed by atoms with Crippen molar-refractivity contribution in [2.75, 3.05) is 0 Å². The molecule has 0 amide bonds. The fourth-order valence-corrected chi connectivity index (χ4v) is 6.40. The molecule has 46 heavy (non-hydrogen) atoms. The van der Waals surface area contributed by atoms with Crippen LogP contribution in [0.3, 0.4) is 0 Å². The van der Waals surface area contributed by atoms with Gasteiger partial charge >= 0.3 is 0 Å². The van der Waals surface area contributed by atoms with Crippen molar-refractivity contribution < 1.29 is 30.6 Å². The zero-order valence-electron chi connectivity index (χ0n) is 32.5. The first-order valence-corrected chi connectivity index (χ1v) is 19.5. The molecule has 0 aliphatic rings. The number of rotatable bonds is 28. The first-order valence-electron chi connectivity index (χ1n) is 19.5. The maximum absolute atomic E-state index is 10.5. The van der Waals surface area contributed by atoms with Crippen LogP contribution in [0.15, 0.2) is 0 Å². The largest absolute Gasteiger partial charge is 0.387 e. The summed E-state index contributed by atoms with van der Waals surface area (Å²) < 4.78 is 0. The van der Waals surface area contributed by atoms with Crippen molar-refractivity contribution in [3.8, 4) is 0 Å². The summed E-state index contributed by atoms with van der Waals surface area (Å²) in [4.78, 5) is 0. The van der Waals surface area contributed by atoms with E-state index in [1.807, 2.05) is 6.92 Å². The fraction of sp³-hybridized carbons (Fsp3) is 1.00. The molecule has 6 N–H and O–H groups in total. The Kier molecular flexibility index (Phi) is 26.7. The summed E-state index contributed by atoms with van der Waals surface area (Å²) in [5.41, 5.74) is -4.11. The van der Waals surface area contributed by atoms with Gasteiger partial charge in [0.05, 0.1) is 11.2 Å². The van der Waals surface area contributed by atoms with Gasteiger partial charge in [0.15, 0.2) is 0 Å².